The predicted octanol–water partition coefficient (Wildman–Crippen LogP) is -0.818. The smallest absolute Gasteiger partial charge is 0.0879 e. The lowest BCUT2D eigenvalue weighted by Crippen LogP contribution is -2.25. The maximum Gasteiger partial charge on any atom is 0.0879 e. The first kappa shape index (κ1) is 11.7. The molecule has 0 amide bonds. The van der Waals surface area contributed by atoms with Crippen LogP contribution in [-0.4, -0.2) is 29.5 Å². The Balaban J connectivity index is 3.59. The van der Waals surface area contributed by atoms with Crippen molar-refractivity contribution in [2.45, 2.75) is 13.0 Å². The minimum absolute atomic E-state index is 0.0582. The highest BCUT2D eigenvalue weighted by Crippen LogP contribution is 2.01. The Morgan fingerprint density at radius 3 is 2.45 bits per heavy atom. The van der Waals surface area contributed by atoms with Crippen LogP contribution in [-0.2, 0) is 34.9 Å². The molecule has 11 heavy (non-hydrogen) atoms. The monoisotopic (exact) mass is 216 g/mol. The molecule has 0 rings (SSSR count). The lowest BCUT2D eigenvalue weighted by Gasteiger charge is -2.14. The zero-order valence-electron chi connectivity index (χ0n) is 6.14. The number of aliphatic hydroxyl groups excluding tert-OH is 2. The van der Waals surface area contributed by atoms with Crippen molar-refractivity contribution >= 4 is 30.7 Å². The van der Waals surface area contributed by atoms with Crippen LogP contribution in [0.15, 0.2) is 0 Å². The van der Waals surface area contributed by atoms with E-state index in [0.29, 0.717) is 0 Å². The van der Waals surface area contributed by atoms with Crippen LogP contribution < -0.4 is 0 Å². The first-order valence-corrected chi connectivity index (χ1v) is 6.42. The van der Waals surface area contributed by atoms with E-state index in [1.165, 1.54) is 0 Å². The summed E-state index contributed by atoms with van der Waals surface area (Å²) in [4.78, 5) is 0. The van der Waals surface area contributed by atoms with E-state index in [1.807, 2.05) is 0 Å². The molecular formula is C5H12O3S3. The van der Waals surface area contributed by atoms with Crippen molar-refractivity contribution in [3.63, 3.8) is 0 Å². The fourth-order valence-electron chi connectivity index (χ4n) is 0.423. The third-order valence-electron chi connectivity index (χ3n) is 1.30. The molecule has 0 saturated carbocycles. The highest BCUT2D eigenvalue weighted by atomic mass is 33.1. The maximum atomic E-state index is 9.20. The summed E-state index contributed by atoms with van der Waals surface area (Å²) in [7, 11) is -1.24. The summed E-state index contributed by atoms with van der Waals surface area (Å²) in [5, 5.41) is 17.8. The Hall–Kier alpha value is 0.670. The molecule has 0 aliphatic carbocycles. The van der Waals surface area contributed by atoms with Gasteiger partial charge < -0.3 is 14.4 Å². The minimum Gasteiger partial charge on any atom is -0.396 e. The van der Waals surface area contributed by atoms with Crippen LogP contribution in [0.5, 0.6) is 0 Å². The highest BCUT2D eigenvalue weighted by molar-refractivity contribution is 8.44. The van der Waals surface area contributed by atoms with Crippen LogP contribution in [0.4, 0.5) is 0 Å². The SMILES string of the molecule is CC(CO)[C@H](O)CO[SH](=S)=S. The molecule has 0 aliphatic rings. The first-order valence-electron chi connectivity index (χ1n) is 3.14. The Kier molecular flexibility index (Phi) is 6.59. The molecule has 0 aromatic carbocycles. The van der Waals surface area contributed by atoms with Gasteiger partial charge in [0.05, 0.1) is 12.7 Å². The minimum atomic E-state index is -1.24. The van der Waals surface area contributed by atoms with Gasteiger partial charge in [0.15, 0.2) is 0 Å². The molecule has 68 valence electrons. The van der Waals surface area contributed by atoms with E-state index in [2.05, 4.69) is 22.4 Å². The van der Waals surface area contributed by atoms with E-state index < -0.39 is 14.4 Å². The average molecular weight is 216 g/mol. The molecule has 0 radical (unpaired) electrons. The van der Waals surface area contributed by atoms with E-state index in [9.17, 15) is 5.11 Å². The summed E-state index contributed by atoms with van der Waals surface area (Å²) in [6.45, 7) is 1.79. The normalized spacial score (nSPS) is 16.7. The molecule has 2 N–H and O–H groups in total. The second-order valence-corrected chi connectivity index (χ2v) is 5.64. The zero-order valence-corrected chi connectivity index (χ0v) is 8.66. The predicted molar refractivity (Wildman–Crippen MR) is 51.7 cm³/mol. The van der Waals surface area contributed by atoms with Crippen molar-refractivity contribution < 1.29 is 14.4 Å². The van der Waals surface area contributed by atoms with Gasteiger partial charge in [-0.2, -0.15) is 0 Å². The fraction of sp³-hybridized carbons (Fsp3) is 1.00. The number of thiol groups is 1. The molecule has 0 spiro atoms. The Bertz CT molecular complexity index is 160. The van der Waals surface area contributed by atoms with Gasteiger partial charge in [-0.15, -0.1) is 0 Å². The molecular weight excluding hydrogens is 204 g/mol. The van der Waals surface area contributed by atoms with Crippen LogP contribution in [0.3, 0.4) is 0 Å². The highest BCUT2D eigenvalue weighted by Gasteiger charge is 2.12. The van der Waals surface area contributed by atoms with Crippen molar-refractivity contribution in [2.24, 2.45) is 5.92 Å². The van der Waals surface area contributed by atoms with Gasteiger partial charge in [-0.05, 0) is 22.4 Å². The molecule has 0 fully saturated rings. The molecule has 0 heterocycles. The van der Waals surface area contributed by atoms with E-state index >= 15 is 0 Å². The number of hydrogen-bond donors (Lipinski definition) is 3. The molecule has 1 unspecified atom stereocenters. The van der Waals surface area contributed by atoms with Crippen LogP contribution in [0, 0.1) is 5.92 Å². The van der Waals surface area contributed by atoms with Crippen LogP contribution >= 0.6 is 0 Å². The standard InChI is InChI=1S/C5H12O3S3/c1-4(2-6)5(7)3-8-11(9)10/h4-7,11H,2-3H2,1H3/t4?,5-/m1/s1. The zero-order chi connectivity index (χ0) is 8.85. The largest absolute Gasteiger partial charge is 0.396 e. The number of rotatable bonds is 5. The topological polar surface area (TPSA) is 49.7 Å². The summed E-state index contributed by atoms with van der Waals surface area (Å²) in [6.07, 6.45) is -0.670. The van der Waals surface area contributed by atoms with E-state index in [1.54, 1.807) is 6.92 Å². The second kappa shape index (κ2) is 6.22. The maximum absolute atomic E-state index is 9.20. The van der Waals surface area contributed by atoms with Crippen LogP contribution in [0.25, 0.3) is 0 Å². The molecule has 0 aliphatic heterocycles. The van der Waals surface area contributed by atoms with E-state index in [0.717, 1.165) is 0 Å². The molecule has 2 atom stereocenters. The Morgan fingerprint density at radius 1 is 1.55 bits per heavy atom. The summed E-state index contributed by atoms with van der Waals surface area (Å²) in [5.74, 6) is -0.185. The number of aliphatic hydroxyl groups is 2. The van der Waals surface area contributed by atoms with Gasteiger partial charge in [0, 0.05) is 20.8 Å². The first-order chi connectivity index (χ1) is 5.07. The van der Waals surface area contributed by atoms with Crippen molar-refractivity contribution in [1.29, 1.82) is 0 Å². The van der Waals surface area contributed by atoms with E-state index in [-0.39, 0.29) is 19.1 Å². The lowest BCUT2D eigenvalue weighted by atomic mass is 10.1. The van der Waals surface area contributed by atoms with Gasteiger partial charge in [-0.3, -0.25) is 0 Å². The Labute approximate surface area is 77.4 Å². The fourth-order valence-corrected chi connectivity index (χ4v) is 1.06. The number of hydrogen-bond acceptors (Lipinski definition) is 5. The molecule has 0 aromatic heterocycles. The van der Waals surface area contributed by atoms with E-state index in [4.69, 9.17) is 9.29 Å². The Morgan fingerprint density at radius 2 is 2.09 bits per heavy atom. The lowest BCUT2D eigenvalue weighted by molar-refractivity contribution is 0.0447. The third kappa shape index (κ3) is 5.89. The van der Waals surface area contributed by atoms with Gasteiger partial charge in [0.2, 0.25) is 0 Å². The van der Waals surface area contributed by atoms with Crippen molar-refractivity contribution in [3.05, 3.63) is 0 Å². The van der Waals surface area contributed by atoms with Crippen molar-refractivity contribution in [2.75, 3.05) is 13.2 Å². The molecule has 3 nitrogen and oxygen atoms in total. The van der Waals surface area contributed by atoms with Crippen molar-refractivity contribution in [3.8, 4) is 0 Å². The molecule has 6 heteroatoms. The van der Waals surface area contributed by atoms with Crippen LogP contribution in [0.1, 0.15) is 6.92 Å². The van der Waals surface area contributed by atoms with Crippen molar-refractivity contribution in [1.82, 2.24) is 0 Å². The van der Waals surface area contributed by atoms with Gasteiger partial charge in [0.25, 0.3) is 0 Å². The quantitative estimate of drug-likeness (QED) is 0.524. The summed E-state index contributed by atoms with van der Waals surface area (Å²) in [5.41, 5.74) is 0. The van der Waals surface area contributed by atoms with Gasteiger partial charge in [0.1, 0.15) is 0 Å². The third-order valence-corrected chi connectivity index (χ3v) is 2.29. The molecule has 0 bridgehead atoms. The summed E-state index contributed by atoms with van der Waals surface area (Å²) in [6, 6.07) is 0. The second-order valence-electron chi connectivity index (χ2n) is 2.25. The summed E-state index contributed by atoms with van der Waals surface area (Å²) >= 11 is 9.21. The van der Waals surface area contributed by atoms with Gasteiger partial charge in [-0.25, -0.2) is 0 Å². The molecule has 0 aromatic rings. The van der Waals surface area contributed by atoms with Crippen LogP contribution in [0.2, 0.25) is 0 Å². The molecule has 0 saturated heterocycles. The van der Waals surface area contributed by atoms with Gasteiger partial charge >= 0.3 is 0 Å². The summed E-state index contributed by atoms with van der Waals surface area (Å²) < 4.78 is 4.86. The van der Waals surface area contributed by atoms with Gasteiger partial charge in [-0.1, -0.05) is 6.92 Å². The average Bonchev–Trinajstić information content (AvgIpc) is 1.98.